The zero-order valence-corrected chi connectivity index (χ0v) is 10.6. The number of aliphatic hydroxyl groups is 1. The van der Waals surface area contributed by atoms with Crippen LogP contribution in [0.3, 0.4) is 0 Å². The minimum absolute atomic E-state index is 0.0430. The number of β-amino-alcohol motifs (C(OH)–C–C–N with tert-alkyl or cyclic N) is 1. The van der Waals surface area contributed by atoms with E-state index in [0.29, 0.717) is 24.4 Å². The van der Waals surface area contributed by atoms with Gasteiger partial charge >= 0.3 is 0 Å². The molecule has 1 aliphatic heterocycles. The number of carbonyl (C=O) groups is 1. The van der Waals surface area contributed by atoms with Gasteiger partial charge in [-0.25, -0.2) is 0 Å². The number of nitriles is 1. The molecule has 5 heteroatoms. The van der Waals surface area contributed by atoms with Crippen LogP contribution in [0, 0.1) is 11.3 Å². The van der Waals surface area contributed by atoms with Gasteiger partial charge in [0, 0.05) is 13.1 Å². The molecule has 100 valence electrons. The first-order valence-corrected chi connectivity index (χ1v) is 6.28. The van der Waals surface area contributed by atoms with E-state index in [-0.39, 0.29) is 12.5 Å². The molecule has 1 aliphatic rings. The zero-order valence-electron chi connectivity index (χ0n) is 10.6. The molecule has 0 unspecified atom stereocenters. The summed E-state index contributed by atoms with van der Waals surface area (Å²) in [6.07, 6.45) is 1.15. The van der Waals surface area contributed by atoms with Crippen LogP contribution in [0.15, 0.2) is 24.3 Å². The lowest BCUT2D eigenvalue weighted by Crippen LogP contribution is -2.44. The van der Waals surface area contributed by atoms with Crippen molar-refractivity contribution in [2.45, 2.75) is 18.9 Å². The van der Waals surface area contributed by atoms with Gasteiger partial charge in [-0.15, -0.1) is 0 Å². The van der Waals surface area contributed by atoms with E-state index in [0.717, 1.165) is 12.8 Å². The second-order valence-corrected chi connectivity index (χ2v) is 4.56. The quantitative estimate of drug-likeness (QED) is 0.877. The molecule has 1 N–H and O–H groups in total. The standard InChI is InChI=1S/C14H16N2O3/c15-8-11-3-5-13(6-4-11)19-10-14(18)16-7-1-2-12(17)9-16/h3-6,12,17H,1-2,7,9-10H2/t12-/m0/s1. The molecule has 0 bridgehead atoms. The van der Waals surface area contributed by atoms with Gasteiger partial charge in [-0.3, -0.25) is 4.79 Å². The van der Waals surface area contributed by atoms with Gasteiger partial charge in [0.15, 0.2) is 6.61 Å². The maximum absolute atomic E-state index is 11.9. The number of rotatable bonds is 3. The molecule has 5 nitrogen and oxygen atoms in total. The lowest BCUT2D eigenvalue weighted by molar-refractivity contribution is -0.136. The first kappa shape index (κ1) is 13.4. The summed E-state index contributed by atoms with van der Waals surface area (Å²) in [6.45, 7) is 1.01. The monoisotopic (exact) mass is 260 g/mol. The van der Waals surface area contributed by atoms with E-state index in [1.807, 2.05) is 6.07 Å². The topological polar surface area (TPSA) is 73.6 Å². The van der Waals surface area contributed by atoms with Gasteiger partial charge in [0.25, 0.3) is 5.91 Å². The van der Waals surface area contributed by atoms with Gasteiger partial charge in [0.05, 0.1) is 17.7 Å². The van der Waals surface area contributed by atoms with Crippen LogP contribution in [0.1, 0.15) is 18.4 Å². The predicted octanol–water partition coefficient (Wildman–Crippen LogP) is 0.920. The Bertz CT molecular complexity index is 478. The number of hydrogen-bond donors (Lipinski definition) is 1. The summed E-state index contributed by atoms with van der Waals surface area (Å²) in [4.78, 5) is 13.5. The molecule has 0 radical (unpaired) electrons. The fraction of sp³-hybridized carbons (Fsp3) is 0.429. The molecule has 0 aromatic heterocycles. The predicted molar refractivity (Wildman–Crippen MR) is 68.5 cm³/mol. The minimum atomic E-state index is -0.424. The fourth-order valence-corrected chi connectivity index (χ4v) is 2.04. The fourth-order valence-electron chi connectivity index (χ4n) is 2.04. The summed E-state index contributed by atoms with van der Waals surface area (Å²) >= 11 is 0. The number of likely N-dealkylation sites (tertiary alicyclic amines) is 1. The largest absolute Gasteiger partial charge is 0.484 e. The highest BCUT2D eigenvalue weighted by Crippen LogP contribution is 2.13. The van der Waals surface area contributed by atoms with Crippen molar-refractivity contribution < 1.29 is 14.6 Å². The van der Waals surface area contributed by atoms with Gasteiger partial charge < -0.3 is 14.7 Å². The SMILES string of the molecule is N#Cc1ccc(OCC(=O)N2CCC[C@H](O)C2)cc1. The maximum atomic E-state index is 11.9. The van der Waals surface area contributed by atoms with Crippen molar-refractivity contribution in [3.8, 4) is 11.8 Å². The Morgan fingerprint density at radius 3 is 2.84 bits per heavy atom. The molecule has 19 heavy (non-hydrogen) atoms. The van der Waals surface area contributed by atoms with E-state index >= 15 is 0 Å². The molecule has 0 aliphatic carbocycles. The first-order valence-electron chi connectivity index (χ1n) is 6.28. The molecule has 1 amide bonds. The molecule has 1 aromatic carbocycles. The summed E-state index contributed by atoms with van der Waals surface area (Å²) in [6, 6.07) is 8.63. The van der Waals surface area contributed by atoms with Crippen LogP contribution in [0.25, 0.3) is 0 Å². The first-order chi connectivity index (χ1) is 9.19. The summed E-state index contributed by atoms with van der Waals surface area (Å²) in [5, 5.41) is 18.2. The van der Waals surface area contributed by atoms with Crippen LogP contribution in [-0.2, 0) is 4.79 Å². The number of piperidine rings is 1. The van der Waals surface area contributed by atoms with Crippen LogP contribution < -0.4 is 4.74 Å². The highest BCUT2D eigenvalue weighted by Gasteiger charge is 2.22. The Hall–Kier alpha value is -2.06. The number of amides is 1. The second kappa shape index (κ2) is 6.21. The van der Waals surface area contributed by atoms with Crippen LogP contribution in [0.2, 0.25) is 0 Å². The Morgan fingerprint density at radius 1 is 1.47 bits per heavy atom. The van der Waals surface area contributed by atoms with Gasteiger partial charge in [-0.05, 0) is 37.1 Å². The number of aliphatic hydroxyl groups excluding tert-OH is 1. The van der Waals surface area contributed by atoms with Crippen molar-refractivity contribution in [3.05, 3.63) is 29.8 Å². The second-order valence-electron chi connectivity index (χ2n) is 4.56. The molecule has 1 atom stereocenters. The summed E-state index contributed by atoms with van der Waals surface area (Å²) in [7, 11) is 0. The molecule has 1 saturated heterocycles. The highest BCUT2D eigenvalue weighted by molar-refractivity contribution is 5.77. The molecular formula is C14H16N2O3. The van der Waals surface area contributed by atoms with Crippen molar-refractivity contribution >= 4 is 5.91 Å². The van der Waals surface area contributed by atoms with Crippen molar-refractivity contribution in [3.63, 3.8) is 0 Å². The normalized spacial score (nSPS) is 18.7. The van der Waals surface area contributed by atoms with E-state index in [1.165, 1.54) is 0 Å². The Kier molecular flexibility index (Phi) is 4.37. The molecule has 0 saturated carbocycles. The highest BCUT2D eigenvalue weighted by atomic mass is 16.5. The van der Waals surface area contributed by atoms with Crippen molar-refractivity contribution in [2.24, 2.45) is 0 Å². The van der Waals surface area contributed by atoms with Crippen LogP contribution in [-0.4, -0.2) is 41.7 Å². The van der Waals surface area contributed by atoms with E-state index in [1.54, 1.807) is 29.2 Å². The number of hydrogen-bond acceptors (Lipinski definition) is 4. The Morgan fingerprint density at radius 2 is 2.21 bits per heavy atom. The molecule has 1 heterocycles. The molecular weight excluding hydrogens is 244 g/mol. The minimum Gasteiger partial charge on any atom is -0.484 e. The number of nitrogens with zero attached hydrogens (tertiary/aromatic N) is 2. The number of carbonyl (C=O) groups excluding carboxylic acids is 1. The van der Waals surface area contributed by atoms with Crippen molar-refractivity contribution in [1.82, 2.24) is 4.90 Å². The van der Waals surface area contributed by atoms with E-state index < -0.39 is 6.10 Å². The van der Waals surface area contributed by atoms with Gasteiger partial charge in [-0.2, -0.15) is 5.26 Å². The average Bonchev–Trinajstić information content (AvgIpc) is 2.45. The number of benzene rings is 1. The molecule has 1 aromatic rings. The third-order valence-electron chi connectivity index (χ3n) is 3.09. The maximum Gasteiger partial charge on any atom is 0.260 e. The van der Waals surface area contributed by atoms with Gasteiger partial charge in [0.1, 0.15) is 5.75 Å². The van der Waals surface area contributed by atoms with Crippen LogP contribution in [0.4, 0.5) is 0 Å². The van der Waals surface area contributed by atoms with Gasteiger partial charge in [0.2, 0.25) is 0 Å². The Balaban J connectivity index is 1.84. The van der Waals surface area contributed by atoms with E-state index in [2.05, 4.69) is 0 Å². The molecule has 0 spiro atoms. The third kappa shape index (κ3) is 3.70. The lowest BCUT2D eigenvalue weighted by atomic mass is 10.1. The van der Waals surface area contributed by atoms with Crippen LogP contribution in [0.5, 0.6) is 5.75 Å². The van der Waals surface area contributed by atoms with Crippen molar-refractivity contribution in [1.29, 1.82) is 5.26 Å². The Labute approximate surface area is 112 Å². The summed E-state index contributed by atoms with van der Waals surface area (Å²) in [5.74, 6) is 0.438. The van der Waals surface area contributed by atoms with Gasteiger partial charge in [-0.1, -0.05) is 0 Å². The summed E-state index contributed by atoms with van der Waals surface area (Å²) < 4.78 is 5.37. The average molecular weight is 260 g/mol. The van der Waals surface area contributed by atoms with Crippen molar-refractivity contribution in [2.75, 3.05) is 19.7 Å². The third-order valence-corrected chi connectivity index (χ3v) is 3.09. The zero-order chi connectivity index (χ0) is 13.7. The van der Waals surface area contributed by atoms with E-state index in [9.17, 15) is 9.90 Å². The van der Waals surface area contributed by atoms with Crippen LogP contribution >= 0.6 is 0 Å². The number of ether oxygens (including phenoxy) is 1. The molecule has 2 rings (SSSR count). The summed E-state index contributed by atoms with van der Waals surface area (Å²) in [5.41, 5.74) is 0.554. The lowest BCUT2D eigenvalue weighted by Gasteiger charge is -2.29. The smallest absolute Gasteiger partial charge is 0.260 e. The molecule has 1 fully saturated rings. The van der Waals surface area contributed by atoms with E-state index in [4.69, 9.17) is 10.00 Å².